The first-order valence-corrected chi connectivity index (χ1v) is 6.67. The molecule has 0 saturated heterocycles. The molecule has 0 aromatic carbocycles. The Bertz CT molecular complexity index is 259. The summed E-state index contributed by atoms with van der Waals surface area (Å²) >= 11 is 0. The van der Waals surface area contributed by atoms with Gasteiger partial charge >= 0.3 is 0 Å². The van der Waals surface area contributed by atoms with Gasteiger partial charge in [-0.05, 0) is 25.3 Å². The first-order chi connectivity index (χ1) is 7.86. The van der Waals surface area contributed by atoms with Gasteiger partial charge in [0.25, 0.3) is 0 Å². The Kier molecular flexibility index (Phi) is 6.78. The van der Waals surface area contributed by atoms with Crippen molar-refractivity contribution >= 4 is 0 Å². The Hall–Kier alpha value is -0.920. The van der Waals surface area contributed by atoms with E-state index in [0.29, 0.717) is 0 Å². The van der Waals surface area contributed by atoms with Gasteiger partial charge in [-0.15, -0.1) is 0 Å². The number of nitrogens with zero attached hydrogens (tertiary/aromatic N) is 2. The summed E-state index contributed by atoms with van der Waals surface area (Å²) in [7, 11) is 0. The first kappa shape index (κ1) is 13.1. The van der Waals surface area contributed by atoms with Crippen LogP contribution in [0, 0.1) is 0 Å². The van der Waals surface area contributed by atoms with E-state index >= 15 is 0 Å². The van der Waals surface area contributed by atoms with E-state index in [1.54, 1.807) is 0 Å². The van der Waals surface area contributed by atoms with Crippen LogP contribution in [0.1, 0.15) is 63.9 Å². The standard InChI is InChI=1S/C14H24N2/c1-3-5-7-9-13-11-12-15-14(16-13)10-8-6-4-2/h11-12H,3-10H2,1-2H3. The third-order valence-corrected chi connectivity index (χ3v) is 2.80. The molecule has 90 valence electrons. The van der Waals surface area contributed by atoms with Crippen LogP contribution in [0.4, 0.5) is 0 Å². The first-order valence-electron chi connectivity index (χ1n) is 6.67. The topological polar surface area (TPSA) is 25.8 Å². The van der Waals surface area contributed by atoms with E-state index in [4.69, 9.17) is 0 Å². The van der Waals surface area contributed by atoms with E-state index in [-0.39, 0.29) is 0 Å². The fraction of sp³-hybridized carbons (Fsp3) is 0.714. The van der Waals surface area contributed by atoms with Gasteiger partial charge in [-0.1, -0.05) is 39.5 Å². The third kappa shape index (κ3) is 5.24. The molecular weight excluding hydrogens is 196 g/mol. The highest BCUT2D eigenvalue weighted by molar-refractivity contribution is 5.02. The molecule has 1 heterocycles. The van der Waals surface area contributed by atoms with E-state index in [1.165, 1.54) is 44.2 Å². The Labute approximate surface area is 99.5 Å². The lowest BCUT2D eigenvalue weighted by Gasteiger charge is -2.03. The predicted molar refractivity (Wildman–Crippen MR) is 68.5 cm³/mol. The molecule has 0 aliphatic carbocycles. The Balaban J connectivity index is 2.37. The molecule has 0 N–H and O–H groups in total. The average Bonchev–Trinajstić information content (AvgIpc) is 2.30. The number of rotatable bonds is 8. The maximum Gasteiger partial charge on any atom is 0.128 e. The summed E-state index contributed by atoms with van der Waals surface area (Å²) in [5.74, 6) is 1.03. The lowest BCUT2D eigenvalue weighted by atomic mass is 10.1. The Morgan fingerprint density at radius 1 is 0.938 bits per heavy atom. The second kappa shape index (κ2) is 8.26. The van der Waals surface area contributed by atoms with Crippen molar-refractivity contribution in [2.45, 2.75) is 65.2 Å². The molecule has 0 spiro atoms. The van der Waals surface area contributed by atoms with Gasteiger partial charge in [0.2, 0.25) is 0 Å². The smallest absolute Gasteiger partial charge is 0.128 e. The van der Waals surface area contributed by atoms with Crippen molar-refractivity contribution in [2.75, 3.05) is 0 Å². The molecule has 1 rings (SSSR count). The molecule has 0 aliphatic rings. The zero-order chi connectivity index (χ0) is 11.6. The second-order valence-electron chi connectivity index (χ2n) is 4.38. The highest BCUT2D eigenvalue weighted by atomic mass is 14.9. The van der Waals surface area contributed by atoms with Crippen LogP contribution in [0.15, 0.2) is 12.3 Å². The molecule has 0 bridgehead atoms. The SMILES string of the molecule is CCCCCc1ccnc(CCCCC)n1. The van der Waals surface area contributed by atoms with Crippen molar-refractivity contribution in [1.29, 1.82) is 0 Å². The van der Waals surface area contributed by atoms with Crippen molar-refractivity contribution in [3.8, 4) is 0 Å². The normalized spacial score (nSPS) is 10.6. The molecule has 0 atom stereocenters. The predicted octanol–water partition coefficient (Wildman–Crippen LogP) is 3.94. The van der Waals surface area contributed by atoms with Crippen LogP contribution in [0.2, 0.25) is 0 Å². The van der Waals surface area contributed by atoms with E-state index in [1.807, 2.05) is 6.20 Å². The molecule has 2 nitrogen and oxygen atoms in total. The monoisotopic (exact) mass is 220 g/mol. The molecule has 1 aromatic rings. The summed E-state index contributed by atoms with van der Waals surface area (Å²) in [4.78, 5) is 8.93. The van der Waals surface area contributed by atoms with E-state index in [0.717, 1.165) is 18.7 Å². The van der Waals surface area contributed by atoms with Gasteiger partial charge in [0.1, 0.15) is 5.82 Å². The van der Waals surface area contributed by atoms with Gasteiger partial charge in [-0.3, -0.25) is 0 Å². The second-order valence-corrected chi connectivity index (χ2v) is 4.38. The van der Waals surface area contributed by atoms with Crippen LogP contribution < -0.4 is 0 Å². The van der Waals surface area contributed by atoms with Gasteiger partial charge in [0, 0.05) is 18.3 Å². The zero-order valence-electron chi connectivity index (χ0n) is 10.7. The fourth-order valence-corrected chi connectivity index (χ4v) is 1.79. The lowest BCUT2D eigenvalue weighted by molar-refractivity contribution is 0.675. The maximum absolute atomic E-state index is 4.61. The Morgan fingerprint density at radius 2 is 1.62 bits per heavy atom. The van der Waals surface area contributed by atoms with Crippen LogP contribution in [-0.2, 0) is 12.8 Å². The lowest BCUT2D eigenvalue weighted by Crippen LogP contribution is -1.99. The minimum absolute atomic E-state index is 1.03. The largest absolute Gasteiger partial charge is 0.241 e. The van der Waals surface area contributed by atoms with Crippen LogP contribution in [-0.4, -0.2) is 9.97 Å². The molecule has 0 aliphatic heterocycles. The molecule has 0 fully saturated rings. The number of aryl methyl sites for hydroxylation is 2. The van der Waals surface area contributed by atoms with Gasteiger partial charge in [0.05, 0.1) is 0 Å². The van der Waals surface area contributed by atoms with Crippen molar-refractivity contribution in [2.24, 2.45) is 0 Å². The minimum atomic E-state index is 1.03. The van der Waals surface area contributed by atoms with E-state index < -0.39 is 0 Å². The van der Waals surface area contributed by atoms with Gasteiger partial charge in [0.15, 0.2) is 0 Å². The van der Waals surface area contributed by atoms with Crippen LogP contribution in [0.25, 0.3) is 0 Å². The highest BCUT2D eigenvalue weighted by Gasteiger charge is 1.99. The quantitative estimate of drug-likeness (QED) is 0.620. The molecule has 16 heavy (non-hydrogen) atoms. The molecule has 0 amide bonds. The summed E-state index contributed by atoms with van der Waals surface area (Å²) in [6.45, 7) is 4.46. The zero-order valence-corrected chi connectivity index (χ0v) is 10.7. The summed E-state index contributed by atoms with van der Waals surface area (Å²) in [6, 6.07) is 2.05. The van der Waals surface area contributed by atoms with Gasteiger partial charge in [-0.25, -0.2) is 9.97 Å². The summed E-state index contributed by atoms with van der Waals surface area (Å²) in [5, 5.41) is 0. The van der Waals surface area contributed by atoms with Gasteiger partial charge in [-0.2, -0.15) is 0 Å². The maximum atomic E-state index is 4.61. The molecule has 1 aromatic heterocycles. The van der Waals surface area contributed by atoms with E-state index in [9.17, 15) is 0 Å². The molecule has 2 heteroatoms. The van der Waals surface area contributed by atoms with Crippen molar-refractivity contribution in [3.05, 3.63) is 23.8 Å². The fourth-order valence-electron chi connectivity index (χ4n) is 1.79. The Morgan fingerprint density at radius 3 is 2.31 bits per heavy atom. The van der Waals surface area contributed by atoms with E-state index in [2.05, 4.69) is 29.9 Å². The highest BCUT2D eigenvalue weighted by Crippen LogP contribution is 2.06. The number of aromatic nitrogens is 2. The number of unbranched alkanes of at least 4 members (excludes halogenated alkanes) is 4. The average molecular weight is 220 g/mol. The van der Waals surface area contributed by atoms with Crippen molar-refractivity contribution in [3.63, 3.8) is 0 Å². The minimum Gasteiger partial charge on any atom is -0.241 e. The number of hydrogen-bond acceptors (Lipinski definition) is 2. The number of hydrogen-bond donors (Lipinski definition) is 0. The third-order valence-electron chi connectivity index (χ3n) is 2.80. The van der Waals surface area contributed by atoms with Crippen molar-refractivity contribution in [1.82, 2.24) is 9.97 Å². The summed E-state index contributed by atoms with van der Waals surface area (Å²) in [6.07, 6.45) is 11.6. The van der Waals surface area contributed by atoms with Gasteiger partial charge < -0.3 is 0 Å². The van der Waals surface area contributed by atoms with Crippen LogP contribution in [0.5, 0.6) is 0 Å². The molecule has 0 saturated carbocycles. The molecule has 0 unspecified atom stereocenters. The summed E-state index contributed by atoms with van der Waals surface area (Å²) < 4.78 is 0. The van der Waals surface area contributed by atoms with Crippen LogP contribution >= 0.6 is 0 Å². The summed E-state index contributed by atoms with van der Waals surface area (Å²) in [5.41, 5.74) is 1.22. The molecular formula is C14H24N2. The molecule has 0 radical (unpaired) electrons. The van der Waals surface area contributed by atoms with Crippen molar-refractivity contribution < 1.29 is 0 Å². The van der Waals surface area contributed by atoms with Crippen LogP contribution in [0.3, 0.4) is 0 Å².